The number of hydrogen-bond donors (Lipinski definition) is 2. The predicted octanol–water partition coefficient (Wildman–Crippen LogP) is 7.46. The van der Waals surface area contributed by atoms with E-state index in [1.54, 1.807) is 0 Å². The first-order chi connectivity index (χ1) is 18.9. The van der Waals surface area contributed by atoms with Crippen LogP contribution in [0.1, 0.15) is 106 Å². The van der Waals surface area contributed by atoms with Gasteiger partial charge in [0.2, 0.25) is 0 Å². The fourth-order valence-electron chi connectivity index (χ4n) is 4.62. The number of ether oxygens (including phenoxy) is 4. The molecule has 6 nitrogen and oxygen atoms in total. The van der Waals surface area contributed by atoms with Gasteiger partial charge in [-0.3, -0.25) is 0 Å². The third-order valence-corrected chi connectivity index (χ3v) is 7.76. The van der Waals surface area contributed by atoms with Gasteiger partial charge in [0, 0.05) is 31.5 Å². The summed E-state index contributed by atoms with van der Waals surface area (Å²) in [5.74, 6) is 1.66. The number of benzene rings is 2. The molecule has 0 amide bonds. The van der Waals surface area contributed by atoms with E-state index in [2.05, 4.69) is 65.8 Å². The normalized spacial score (nSPS) is 13.4. The van der Waals surface area contributed by atoms with Gasteiger partial charge in [-0.15, -0.1) is 0 Å². The van der Waals surface area contributed by atoms with Crippen molar-refractivity contribution in [2.75, 3.05) is 26.4 Å². The first-order valence-electron chi connectivity index (χ1n) is 15.0. The molecule has 0 aliphatic rings. The van der Waals surface area contributed by atoms with Gasteiger partial charge in [-0.25, -0.2) is 0 Å². The largest absolute Gasteiger partial charge is 0.488 e. The van der Waals surface area contributed by atoms with Crippen LogP contribution in [0.4, 0.5) is 0 Å². The standard InChI is InChI=1S/C35H56O6/c1-31(2,19-23-36)38-25-21-33(5,6)40-29-15-11-27(12-16-29)35(9,10)28-13-17-30(18-14-28)41-34(7,8)22-26-39-32(3,4)20-24-37/h11-18,36-37H,19-26H2,1-10H3. The fourth-order valence-corrected chi connectivity index (χ4v) is 4.62. The molecule has 0 aromatic heterocycles. The maximum atomic E-state index is 9.20. The Kier molecular flexibility index (Phi) is 12.3. The second kappa shape index (κ2) is 14.4. The second-order valence-corrected chi connectivity index (χ2v) is 14.1. The molecule has 0 atom stereocenters. The molecule has 0 unspecified atom stereocenters. The van der Waals surface area contributed by atoms with E-state index in [0.717, 1.165) is 24.3 Å². The Hall–Kier alpha value is -2.12. The van der Waals surface area contributed by atoms with E-state index in [4.69, 9.17) is 18.9 Å². The molecule has 0 radical (unpaired) electrons. The van der Waals surface area contributed by atoms with Crippen LogP contribution in [-0.2, 0) is 14.9 Å². The van der Waals surface area contributed by atoms with E-state index in [-0.39, 0.29) is 41.0 Å². The highest BCUT2D eigenvalue weighted by Crippen LogP contribution is 2.35. The van der Waals surface area contributed by atoms with Gasteiger partial charge >= 0.3 is 0 Å². The van der Waals surface area contributed by atoms with Crippen molar-refractivity contribution in [1.29, 1.82) is 0 Å². The monoisotopic (exact) mass is 572 g/mol. The summed E-state index contributed by atoms with van der Waals surface area (Å²) in [5.41, 5.74) is 0.773. The number of aliphatic hydroxyl groups excluding tert-OH is 2. The lowest BCUT2D eigenvalue weighted by atomic mass is 9.78. The molecule has 232 valence electrons. The Balaban J connectivity index is 1.97. The van der Waals surface area contributed by atoms with E-state index in [1.807, 2.05) is 52.0 Å². The minimum Gasteiger partial charge on any atom is -0.488 e. The van der Waals surface area contributed by atoms with Crippen LogP contribution in [0.3, 0.4) is 0 Å². The Morgan fingerprint density at radius 2 is 0.780 bits per heavy atom. The smallest absolute Gasteiger partial charge is 0.120 e. The van der Waals surface area contributed by atoms with Crippen molar-refractivity contribution >= 4 is 0 Å². The minimum atomic E-state index is -0.377. The molecule has 2 aromatic carbocycles. The first-order valence-corrected chi connectivity index (χ1v) is 15.0. The summed E-state index contributed by atoms with van der Waals surface area (Å²) >= 11 is 0. The molecule has 0 aliphatic heterocycles. The third kappa shape index (κ3) is 12.0. The van der Waals surface area contributed by atoms with Crippen molar-refractivity contribution in [3.05, 3.63) is 59.7 Å². The third-order valence-electron chi connectivity index (χ3n) is 7.76. The van der Waals surface area contributed by atoms with E-state index in [0.29, 0.717) is 26.1 Å². The van der Waals surface area contributed by atoms with E-state index in [1.165, 1.54) is 11.1 Å². The Morgan fingerprint density at radius 3 is 1.07 bits per heavy atom. The SMILES string of the molecule is CC(C)(CCO)OCCC(C)(C)Oc1ccc(C(C)(C)c2ccc(OC(C)(C)CCOC(C)(C)CCO)cc2)cc1. The van der Waals surface area contributed by atoms with Gasteiger partial charge in [0.05, 0.1) is 24.4 Å². The highest BCUT2D eigenvalue weighted by molar-refractivity contribution is 5.42. The average molecular weight is 573 g/mol. The molecule has 2 N–H and O–H groups in total. The van der Waals surface area contributed by atoms with Crippen molar-refractivity contribution in [2.45, 2.75) is 123 Å². The highest BCUT2D eigenvalue weighted by Gasteiger charge is 2.27. The summed E-state index contributed by atoms with van der Waals surface area (Å²) in [7, 11) is 0. The van der Waals surface area contributed by atoms with Crippen LogP contribution in [0, 0.1) is 0 Å². The van der Waals surface area contributed by atoms with E-state index in [9.17, 15) is 10.2 Å². The molecule has 2 aromatic rings. The Morgan fingerprint density at radius 1 is 0.463 bits per heavy atom. The zero-order valence-electron chi connectivity index (χ0n) is 27.3. The maximum absolute atomic E-state index is 9.20. The van der Waals surface area contributed by atoms with Crippen LogP contribution in [0.15, 0.2) is 48.5 Å². The summed E-state index contributed by atoms with van der Waals surface area (Å²) in [6.07, 6.45) is 2.71. The van der Waals surface area contributed by atoms with Crippen LogP contribution in [0.25, 0.3) is 0 Å². The van der Waals surface area contributed by atoms with Crippen LogP contribution < -0.4 is 9.47 Å². The Bertz CT molecular complexity index is 952. The molecule has 0 fully saturated rings. The lowest BCUT2D eigenvalue weighted by molar-refractivity contribution is -0.0523. The fraction of sp³-hybridized carbons (Fsp3) is 0.657. The molecular weight excluding hydrogens is 516 g/mol. The molecule has 0 heterocycles. The van der Waals surface area contributed by atoms with Crippen molar-refractivity contribution in [1.82, 2.24) is 0 Å². The van der Waals surface area contributed by atoms with Crippen molar-refractivity contribution in [3.8, 4) is 11.5 Å². The second-order valence-electron chi connectivity index (χ2n) is 14.1. The number of hydrogen-bond acceptors (Lipinski definition) is 6. The summed E-state index contributed by atoms with van der Waals surface area (Å²) < 4.78 is 24.5. The van der Waals surface area contributed by atoms with Gasteiger partial charge in [0.15, 0.2) is 0 Å². The molecule has 0 saturated heterocycles. The number of rotatable bonds is 18. The van der Waals surface area contributed by atoms with Gasteiger partial charge in [-0.2, -0.15) is 0 Å². The Labute approximate surface area is 249 Å². The molecule has 0 bridgehead atoms. The van der Waals surface area contributed by atoms with Crippen molar-refractivity contribution in [3.63, 3.8) is 0 Å². The van der Waals surface area contributed by atoms with Crippen LogP contribution in [0.2, 0.25) is 0 Å². The lowest BCUT2D eigenvalue weighted by Gasteiger charge is -2.31. The number of aliphatic hydroxyl groups is 2. The minimum absolute atomic E-state index is 0.119. The topological polar surface area (TPSA) is 77.4 Å². The molecule has 41 heavy (non-hydrogen) atoms. The van der Waals surface area contributed by atoms with Crippen molar-refractivity contribution in [2.24, 2.45) is 0 Å². The first kappa shape index (κ1) is 35.1. The van der Waals surface area contributed by atoms with Gasteiger partial charge in [-0.1, -0.05) is 38.1 Å². The van der Waals surface area contributed by atoms with Crippen LogP contribution >= 0.6 is 0 Å². The molecule has 6 heteroatoms. The summed E-state index contributed by atoms with van der Waals surface area (Å²) in [5, 5.41) is 18.4. The zero-order chi connectivity index (χ0) is 31.0. The maximum Gasteiger partial charge on any atom is 0.120 e. The van der Waals surface area contributed by atoms with Crippen LogP contribution in [-0.4, -0.2) is 59.0 Å². The predicted molar refractivity (Wildman–Crippen MR) is 167 cm³/mol. The summed E-state index contributed by atoms with van der Waals surface area (Å²) in [6.45, 7) is 22.1. The summed E-state index contributed by atoms with van der Waals surface area (Å²) in [6, 6.07) is 16.7. The quantitative estimate of drug-likeness (QED) is 0.193. The zero-order valence-corrected chi connectivity index (χ0v) is 27.3. The van der Waals surface area contributed by atoms with Gasteiger partial charge in [0.25, 0.3) is 0 Å². The van der Waals surface area contributed by atoms with E-state index < -0.39 is 0 Å². The molecule has 0 saturated carbocycles. The van der Waals surface area contributed by atoms with Gasteiger partial charge < -0.3 is 29.2 Å². The van der Waals surface area contributed by atoms with E-state index >= 15 is 0 Å². The molecule has 0 spiro atoms. The summed E-state index contributed by atoms with van der Waals surface area (Å²) in [4.78, 5) is 0. The van der Waals surface area contributed by atoms with Gasteiger partial charge in [0.1, 0.15) is 22.7 Å². The van der Waals surface area contributed by atoms with Crippen molar-refractivity contribution < 1.29 is 29.2 Å². The highest BCUT2D eigenvalue weighted by atomic mass is 16.5. The van der Waals surface area contributed by atoms with Crippen LogP contribution in [0.5, 0.6) is 11.5 Å². The lowest BCUT2D eigenvalue weighted by Crippen LogP contribution is -2.33. The molecular formula is C35H56O6. The van der Waals surface area contributed by atoms with Gasteiger partial charge in [-0.05, 0) is 104 Å². The molecule has 2 rings (SSSR count). The molecule has 0 aliphatic carbocycles. The average Bonchev–Trinajstić information content (AvgIpc) is 2.83.